The van der Waals surface area contributed by atoms with E-state index >= 15 is 0 Å². The Bertz CT molecular complexity index is 4710. The van der Waals surface area contributed by atoms with Crippen LogP contribution in [-0.4, -0.2) is 18.7 Å². The van der Waals surface area contributed by atoms with Gasteiger partial charge < -0.3 is 8.98 Å². The SMILES string of the molecule is [2H]c1c([2H])c([2H])c(-c2cccc(-c3c([2H])c([2H])c([2H])c([2H])c3[2H])c2-[n+]2[c-]n(-c3ccc4oc5ccccc5c5ccccc5n(-c5ccc6c7ccccc7n(-c7cc(C(C)(C)C)ccn7)c6c5)c4c3)c3ccccc32)c([2H])c1[2H]. The molecule has 70 heavy (non-hydrogen) atoms. The lowest BCUT2D eigenvalue weighted by Gasteiger charge is -2.20. The van der Waals surface area contributed by atoms with Crippen LogP contribution in [0.2, 0.25) is 0 Å². The number of rotatable bonds is 6. The van der Waals surface area contributed by atoms with Gasteiger partial charge in [-0.15, -0.1) is 0 Å². The third-order valence-electron chi connectivity index (χ3n) is 13.1. The highest BCUT2D eigenvalue weighted by molar-refractivity contribution is 6.10. The average Bonchev–Trinajstić information content (AvgIpc) is 4.22. The molecular formula is C64H47N5O. The van der Waals surface area contributed by atoms with Crippen molar-refractivity contribution in [2.45, 2.75) is 26.2 Å². The van der Waals surface area contributed by atoms with E-state index in [-0.39, 0.29) is 33.4 Å². The van der Waals surface area contributed by atoms with E-state index in [4.69, 9.17) is 17.6 Å². The van der Waals surface area contributed by atoms with Crippen molar-refractivity contribution in [3.63, 3.8) is 0 Å². The Hall–Kier alpha value is -9.00. The molecule has 13 rings (SSSR count). The molecule has 0 saturated carbocycles. The maximum absolute atomic E-state index is 9.18. The van der Waals surface area contributed by atoms with Crippen LogP contribution < -0.4 is 4.57 Å². The van der Waals surface area contributed by atoms with Crippen LogP contribution in [0.15, 0.2) is 235 Å². The van der Waals surface area contributed by atoms with E-state index in [1.54, 1.807) is 22.8 Å². The second kappa shape index (κ2) is 16.4. The standard InChI is InChI=1S/C64H47N5O/c1-64(2,3)45-37-38-65-62(39-45)69-55-29-14-10-23-50(55)52-35-33-47(41-58(52)69)68-54-28-13-11-24-51(54)53-25-12-17-32-60(53)70-61-36-34-46(40-59(61)68)66-42-67(57-31-16-15-30-56(57)66)63-48(43-19-6-4-7-20-43)26-18-27-49(63)44-21-8-5-9-22-44/h4-41H,1-3H3/i4D,5D,6D,7D,8D,9D,19D,20D,21D,22D. The van der Waals surface area contributed by atoms with E-state index in [9.17, 15) is 5.48 Å². The predicted molar refractivity (Wildman–Crippen MR) is 287 cm³/mol. The Kier molecular flexibility index (Phi) is 7.45. The van der Waals surface area contributed by atoms with Gasteiger partial charge in [0.15, 0.2) is 0 Å². The lowest BCUT2D eigenvalue weighted by molar-refractivity contribution is -0.571. The molecule has 9 aromatic carbocycles. The fourth-order valence-corrected chi connectivity index (χ4v) is 9.83. The molecule has 334 valence electrons. The highest BCUT2D eigenvalue weighted by Crippen LogP contribution is 2.38. The lowest BCUT2D eigenvalue weighted by Crippen LogP contribution is -2.31. The van der Waals surface area contributed by atoms with E-state index in [0.29, 0.717) is 33.4 Å². The minimum absolute atomic E-state index is 0.129. The van der Waals surface area contributed by atoms with E-state index in [2.05, 4.69) is 103 Å². The number of nitrogens with zero attached hydrogens (tertiary/aromatic N) is 5. The van der Waals surface area contributed by atoms with Gasteiger partial charge in [-0.05, 0) is 93.9 Å². The summed E-state index contributed by atoms with van der Waals surface area (Å²) in [7, 11) is 0. The van der Waals surface area contributed by atoms with Gasteiger partial charge in [0.05, 0.1) is 58.2 Å². The van der Waals surface area contributed by atoms with Crippen LogP contribution in [0.25, 0.3) is 111 Å². The van der Waals surface area contributed by atoms with Crippen molar-refractivity contribution in [1.82, 2.24) is 18.7 Å². The molecule has 0 spiro atoms. The molecule has 0 N–H and O–H groups in total. The normalized spacial score (nSPS) is 13.9. The zero-order valence-corrected chi connectivity index (χ0v) is 38.3. The van der Waals surface area contributed by atoms with E-state index in [1.807, 2.05) is 89.6 Å². The zero-order chi connectivity index (χ0) is 55.6. The molecule has 6 heteroatoms. The van der Waals surface area contributed by atoms with E-state index in [1.165, 1.54) is 0 Å². The van der Waals surface area contributed by atoms with Crippen LogP contribution in [0.4, 0.5) is 0 Å². The number of benzene rings is 9. The Labute approximate surface area is 419 Å². The molecule has 0 fully saturated rings. The van der Waals surface area contributed by atoms with E-state index in [0.717, 1.165) is 55.2 Å². The summed E-state index contributed by atoms with van der Waals surface area (Å²) in [5.74, 6) is 0.792. The third kappa shape index (κ3) is 6.79. The number of aromatic nitrogens is 5. The smallest absolute Gasteiger partial charge is 0.269 e. The van der Waals surface area contributed by atoms with Crippen molar-refractivity contribution in [3.05, 3.63) is 242 Å². The van der Waals surface area contributed by atoms with Gasteiger partial charge in [-0.3, -0.25) is 13.7 Å². The minimum atomic E-state index is -0.573. The summed E-state index contributed by atoms with van der Waals surface area (Å²) in [4.78, 5) is 4.98. The first-order chi connectivity index (χ1) is 38.5. The Morgan fingerprint density at radius 2 is 1.09 bits per heavy atom. The summed E-state index contributed by atoms with van der Waals surface area (Å²) >= 11 is 0. The monoisotopic (exact) mass is 911 g/mol. The largest absolute Gasteiger partial charge is 0.455 e. The topological polar surface area (TPSA) is 44.7 Å². The second-order valence-electron chi connectivity index (χ2n) is 18.3. The van der Waals surface area contributed by atoms with Gasteiger partial charge >= 0.3 is 0 Å². The van der Waals surface area contributed by atoms with Gasteiger partial charge in [0.1, 0.15) is 17.0 Å². The van der Waals surface area contributed by atoms with Gasteiger partial charge in [-0.1, -0.05) is 184 Å². The molecule has 4 aromatic heterocycles. The molecule has 4 heterocycles. The number of pyridine rings is 1. The number of fused-ring (bicyclic) bond motifs is 8. The first-order valence-corrected chi connectivity index (χ1v) is 23.1. The summed E-state index contributed by atoms with van der Waals surface area (Å²) in [6.45, 7) is 6.59. The number of hydrogen-bond acceptors (Lipinski definition) is 2. The average molecular weight is 912 g/mol. The van der Waals surface area contributed by atoms with Crippen LogP contribution in [0.1, 0.15) is 40.0 Å². The van der Waals surface area contributed by atoms with E-state index < -0.39 is 60.4 Å². The van der Waals surface area contributed by atoms with Gasteiger partial charge in [0, 0.05) is 33.4 Å². The maximum Gasteiger partial charge on any atom is 0.269 e. The third-order valence-corrected chi connectivity index (χ3v) is 13.1. The summed E-state index contributed by atoms with van der Waals surface area (Å²) in [6, 6.07) is 48.2. The second-order valence-corrected chi connectivity index (χ2v) is 18.3. The minimum Gasteiger partial charge on any atom is -0.455 e. The zero-order valence-electron chi connectivity index (χ0n) is 48.3. The fraction of sp³-hybridized carbons (Fsp3) is 0.0625. The Balaban J connectivity index is 1.13. The lowest BCUT2D eigenvalue weighted by atomic mass is 9.88. The van der Waals surface area contributed by atoms with Crippen LogP contribution in [0, 0.1) is 6.33 Å². The van der Waals surface area contributed by atoms with Gasteiger partial charge in [0.2, 0.25) is 0 Å². The van der Waals surface area contributed by atoms with Gasteiger partial charge in [0.25, 0.3) is 6.33 Å². The molecule has 0 saturated heterocycles. The predicted octanol–water partition coefficient (Wildman–Crippen LogP) is 15.8. The molecule has 0 radical (unpaired) electrons. The van der Waals surface area contributed by atoms with Crippen molar-refractivity contribution in [2.75, 3.05) is 0 Å². The van der Waals surface area contributed by atoms with Crippen molar-refractivity contribution >= 4 is 65.8 Å². The number of hydrogen-bond donors (Lipinski definition) is 0. The fourth-order valence-electron chi connectivity index (χ4n) is 9.83. The number of imidazole rings is 1. The van der Waals surface area contributed by atoms with Crippen molar-refractivity contribution in [2.24, 2.45) is 0 Å². The molecule has 13 aromatic rings. The Morgan fingerprint density at radius 1 is 0.500 bits per heavy atom. The van der Waals surface area contributed by atoms with Gasteiger partial charge in [-0.2, -0.15) is 0 Å². The summed E-state index contributed by atoms with van der Waals surface area (Å²) < 4.78 is 103. The molecule has 0 unspecified atom stereocenters. The number of para-hydroxylation sites is 6. The summed E-state index contributed by atoms with van der Waals surface area (Å²) in [6.07, 6.45) is 5.44. The highest BCUT2D eigenvalue weighted by Gasteiger charge is 2.22. The van der Waals surface area contributed by atoms with Gasteiger partial charge in [-0.25, -0.2) is 4.98 Å². The molecule has 0 aliphatic carbocycles. The molecule has 0 aliphatic heterocycles. The van der Waals surface area contributed by atoms with Crippen molar-refractivity contribution in [1.29, 1.82) is 0 Å². The maximum atomic E-state index is 9.18. The van der Waals surface area contributed by atoms with Crippen LogP contribution >= 0.6 is 0 Å². The first kappa shape index (κ1) is 31.9. The molecular weight excluding hydrogens is 855 g/mol. The Morgan fingerprint density at radius 3 is 1.80 bits per heavy atom. The quantitative estimate of drug-likeness (QED) is 0.123. The summed E-state index contributed by atoms with van der Waals surface area (Å²) in [5, 5.41) is 3.96. The van der Waals surface area contributed by atoms with Crippen molar-refractivity contribution < 1.29 is 22.7 Å². The van der Waals surface area contributed by atoms with Crippen LogP contribution in [0.5, 0.6) is 0 Å². The molecule has 0 amide bonds. The molecule has 0 aliphatic rings. The van der Waals surface area contributed by atoms with Crippen LogP contribution in [-0.2, 0) is 5.41 Å². The summed E-state index contributed by atoms with van der Waals surface area (Å²) in [5.41, 5.74) is 8.57. The molecule has 0 bridgehead atoms. The highest BCUT2D eigenvalue weighted by atomic mass is 16.3. The molecule has 6 nitrogen and oxygen atoms in total. The van der Waals surface area contributed by atoms with Crippen molar-refractivity contribution in [3.8, 4) is 45.1 Å². The van der Waals surface area contributed by atoms with Crippen LogP contribution in [0.3, 0.4) is 0 Å². The molecule has 0 atom stereocenters. The first-order valence-electron chi connectivity index (χ1n) is 28.1.